The number of methoxy groups -OCH3 is 1. The monoisotopic (exact) mass is 695 g/mol. The molecular weight excluding hydrogens is 642 g/mol. The molecule has 4 atom stereocenters. The summed E-state index contributed by atoms with van der Waals surface area (Å²) in [6.45, 7) is 14.6. The highest BCUT2D eigenvalue weighted by molar-refractivity contribution is 6.38. The maximum absolute atomic E-state index is 14.5. The number of nitrogens with one attached hydrogen (secondary N) is 3. The molecule has 2 aliphatic heterocycles. The Morgan fingerprint density at radius 3 is 2.18 bits per heavy atom. The van der Waals surface area contributed by atoms with Crippen LogP contribution < -0.4 is 20.7 Å². The van der Waals surface area contributed by atoms with E-state index in [4.69, 9.17) is 14.3 Å². The maximum Gasteiger partial charge on any atom is 0.408 e. The molecule has 0 radical (unpaired) electrons. The zero-order valence-electron chi connectivity index (χ0n) is 30.9. The zero-order chi connectivity index (χ0) is 36.8. The van der Waals surface area contributed by atoms with Crippen LogP contribution in [0.15, 0.2) is 17.3 Å². The molecule has 3 fully saturated rings. The van der Waals surface area contributed by atoms with E-state index in [1.807, 2.05) is 46.8 Å². The van der Waals surface area contributed by atoms with Crippen LogP contribution in [0.1, 0.15) is 103 Å². The van der Waals surface area contributed by atoms with Gasteiger partial charge in [-0.2, -0.15) is 0 Å². The number of oxime groups is 1. The molecule has 13 nitrogen and oxygen atoms in total. The first kappa shape index (κ1) is 37.1. The summed E-state index contributed by atoms with van der Waals surface area (Å²) in [5.74, 6) is -1.43. The number of Topliss-reactive ketones (excluding diaryl/α,β-unsaturated/α-hetero) is 1. The first-order valence-corrected chi connectivity index (χ1v) is 17.6. The van der Waals surface area contributed by atoms with Gasteiger partial charge in [-0.15, -0.1) is 0 Å². The highest BCUT2D eigenvalue weighted by Gasteiger charge is 2.56. The summed E-state index contributed by atoms with van der Waals surface area (Å²) in [6, 6.07) is 0.770. The van der Waals surface area contributed by atoms with Gasteiger partial charge < -0.3 is 35.2 Å². The SMILES string of the molecule is COc1c(C)cc(C2=NO[C@]3(C2)C[C@@H](C(=O)N[C@@H](CC2CC2)C(=O)C(=O)NC2CC2)N(C(=O)[C@@H](NC(=O)OC(C)(C)C)C(C)(C)C)C3)cc1C. The molecular formula is C37H53N5O8. The third-order valence-corrected chi connectivity index (χ3v) is 9.63. The molecule has 1 spiro atoms. The molecule has 13 heteroatoms. The molecule has 50 heavy (non-hydrogen) atoms. The summed E-state index contributed by atoms with van der Waals surface area (Å²) in [5.41, 5.74) is 0.780. The van der Waals surface area contributed by atoms with E-state index >= 15 is 0 Å². The molecule has 0 unspecified atom stereocenters. The number of hydrogen-bond acceptors (Lipinski definition) is 9. The zero-order valence-corrected chi connectivity index (χ0v) is 30.9. The topological polar surface area (TPSA) is 165 Å². The van der Waals surface area contributed by atoms with Crippen molar-refractivity contribution in [3.63, 3.8) is 0 Å². The molecule has 1 aromatic carbocycles. The molecule has 274 valence electrons. The Kier molecular flexibility index (Phi) is 10.3. The number of ether oxygens (including phenoxy) is 2. The second-order valence-electron chi connectivity index (χ2n) is 16.6. The number of alkyl carbamates (subject to hydrolysis) is 1. The number of amides is 4. The molecule has 1 saturated heterocycles. The number of benzene rings is 1. The van der Waals surface area contributed by atoms with E-state index in [2.05, 4.69) is 21.1 Å². The Hall–Kier alpha value is -4.16. The minimum Gasteiger partial charge on any atom is -0.496 e. The van der Waals surface area contributed by atoms with Crippen LogP contribution in [-0.4, -0.2) is 89.2 Å². The van der Waals surface area contributed by atoms with Crippen LogP contribution in [-0.2, 0) is 28.8 Å². The van der Waals surface area contributed by atoms with Crippen molar-refractivity contribution >= 4 is 35.3 Å². The fourth-order valence-corrected chi connectivity index (χ4v) is 6.79. The standard InChI is InChI=1S/C37H53N5O8/c1-20-14-23(15-21(2)29(20)48-9)26-17-37(50-41-26)18-27(31(44)39-25(16-22-10-11-22)28(43)32(45)38-24-12-13-24)42(19-37)33(46)30(35(3,4)5)40-34(47)49-36(6,7)8/h14-15,22,24-25,27,30H,10-13,16-19H2,1-9H3,(H,38,45)(H,39,44)(H,40,47)/t25-,27-,30+,37+/m0/s1. The first-order chi connectivity index (χ1) is 23.3. The molecule has 2 saturated carbocycles. The molecule has 0 bridgehead atoms. The van der Waals surface area contributed by atoms with Crippen LogP contribution in [0.3, 0.4) is 0 Å². The summed E-state index contributed by atoms with van der Waals surface area (Å²) in [4.78, 5) is 75.5. The second-order valence-corrected chi connectivity index (χ2v) is 16.6. The van der Waals surface area contributed by atoms with Gasteiger partial charge >= 0.3 is 6.09 Å². The average molecular weight is 696 g/mol. The van der Waals surface area contributed by atoms with E-state index in [-0.39, 0.29) is 24.9 Å². The predicted molar refractivity (Wildman–Crippen MR) is 186 cm³/mol. The second kappa shape index (κ2) is 13.9. The van der Waals surface area contributed by atoms with Crippen LogP contribution in [0, 0.1) is 25.2 Å². The van der Waals surface area contributed by atoms with Crippen molar-refractivity contribution < 1.29 is 38.3 Å². The van der Waals surface area contributed by atoms with Gasteiger partial charge in [0.2, 0.25) is 17.6 Å². The molecule has 0 aromatic heterocycles. The van der Waals surface area contributed by atoms with Crippen molar-refractivity contribution in [3.8, 4) is 5.75 Å². The minimum atomic E-state index is -1.07. The maximum atomic E-state index is 14.5. The minimum absolute atomic E-state index is 0.00896. The largest absolute Gasteiger partial charge is 0.496 e. The lowest BCUT2D eigenvalue weighted by molar-refractivity contribution is -0.144. The first-order valence-electron chi connectivity index (χ1n) is 17.6. The van der Waals surface area contributed by atoms with Gasteiger partial charge in [-0.3, -0.25) is 19.2 Å². The van der Waals surface area contributed by atoms with Crippen LogP contribution in [0.4, 0.5) is 4.79 Å². The van der Waals surface area contributed by atoms with E-state index in [0.717, 1.165) is 48.1 Å². The Balaban J connectivity index is 1.43. The van der Waals surface area contributed by atoms with Crippen molar-refractivity contribution in [2.24, 2.45) is 16.5 Å². The molecule has 3 N–H and O–H groups in total. The van der Waals surface area contributed by atoms with Gasteiger partial charge in [0.05, 0.1) is 25.4 Å². The van der Waals surface area contributed by atoms with E-state index in [1.165, 1.54) is 4.90 Å². The number of carbonyl (C=O) groups is 5. The van der Waals surface area contributed by atoms with Gasteiger partial charge in [-0.05, 0) is 88.5 Å². The molecule has 4 amide bonds. The number of aryl methyl sites for hydroxylation is 2. The summed E-state index contributed by atoms with van der Waals surface area (Å²) < 4.78 is 11.0. The Morgan fingerprint density at radius 2 is 1.64 bits per heavy atom. The Labute approximate surface area is 294 Å². The van der Waals surface area contributed by atoms with Crippen LogP contribution >= 0.6 is 0 Å². The highest BCUT2D eigenvalue weighted by Crippen LogP contribution is 2.41. The number of carbonyl (C=O) groups excluding carboxylic acids is 5. The third-order valence-electron chi connectivity index (χ3n) is 9.63. The molecule has 5 rings (SSSR count). The number of rotatable bonds is 11. The van der Waals surface area contributed by atoms with Crippen molar-refractivity contribution in [3.05, 3.63) is 28.8 Å². The summed E-state index contributed by atoms with van der Waals surface area (Å²) >= 11 is 0. The number of hydrogen-bond donors (Lipinski definition) is 3. The molecule has 4 aliphatic rings. The van der Waals surface area contributed by atoms with E-state index in [0.29, 0.717) is 18.6 Å². The average Bonchev–Trinajstić information content (AvgIpc) is 3.93. The van der Waals surface area contributed by atoms with Crippen molar-refractivity contribution in [1.29, 1.82) is 0 Å². The van der Waals surface area contributed by atoms with E-state index in [1.54, 1.807) is 27.9 Å². The lowest BCUT2D eigenvalue weighted by Crippen LogP contribution is -2.59. The van der Waals surface area contributed by atoms with E-state index in [9.17, 15) is 24.0 Å². The molecule has 2 heterocycles. The third kappa shape index (κ3) is 8.76. The van der Waals surface area contributed by atoms with Crippen molar-refractivity contribution in [1.82, 2.24) is 20.9 Å². The van der Waals surface area contributed by atoms with Gasteiger partial charge in [0.15, 0.2) is 5.60 Å². The molecule has 1 aromatic rings. The van der Waals surface area contributed by atoms with Gasteiger partial charge in [-0.1, -0.05) is 38.8 Å². The number of nitrogens with zero attached hydrogens (tertiary/aromatic N) is 2. The van der Waals surface area contributed by atoms with Gasteiger partial charge in [0.25, 0.3) is 5.91 Å². The van der Waals surface area contributed by atoms with Gasteiger partial charge in [-0.25, -0.2) is 4.79 Å². The normalized spacial score (nSPS) is 23.0. The van der Waals surface area contributed by atoms with Crippen LogP contribution in [0.25, 0.3) is 0 Å². The predicted octanol–water partition coefficient (Wildman–Crippen LogP) is 3.85. The van der Waals surface area contributed by atoms with Gasteiger partial charge in [0, 0.05) is 24.4 Å². The van der Waals surface area contributed by atoms with Crippen LogP contribution in [0.5, 0.6) is 5.75 Å². The quantitative estimate of drug-likeness (QED) is 0.294. The lowest BCUT2D eigenvalue weighted by Gasteiger charge is -2.36. The fraction of sp³-hybridized carbons (Fsp3) is 0.676. The highest BCUT2D eigenvalue weighted by atomic mass is 16.7. The molecule has 2 aliphatic carbocycles. The summed E-state index contributed by atoms with van der Waals surface area (Å²) in [5, 5.41) is 12.8. The summed E-state index contributed by atoms with van der Waals surface area (Å²) in [7, 11) is 1.63. The lowest BCUT2D eigenvalue weighted by atomic mass is 9.85. The summed E-state index contributed by atoms with van der Waals surface area (Å²) in [6.07, 6.45) is 3.49. The Morgan fingerprint density at radius 1 is 1.00 bits per heavy atom. The smallest absolute Gasteiger partial charge is 0.408 e. The number of likely N-dealkylation sites (tertiary alicyclic amines) is 1. The van der Waals surface area contributed by atoms with Crippen molar-refractivity contribution in [2.45, 2.75) is 136 Å². The van der Waals surface area contributed by atoms with Crippen LogP contribution in [0.2, 0.25) is 0 Å². The Bertz CT molecular complexity index is 1540. The fourth-order valence-electron chi connectivity index (χ4n) is 6.79. The van der Waals surface area contributed by atoms with Gasteiger partial charge in [0.1, 0.15) is 23.4 Å². The van der Waals surface area contributed by atoms with E-state index < -0.39 is 64.3 Å². The van der Waals surface area contributed by atoms with Crippen molar-refractivity contribution in [2.75, 3.05) is 13.7 Å². The number of ketones is 1.